The summed E-state index contributed by atoms with van der Waals surface area (Å²) in [6, 6.07) is 7.68. The molecule has 1 aliphatic heterocycles. The highest BCUT2D eigenvalue weighted by Crippen LogP contribution is 2.14. The maximum atomic E-state index is 12.1. The minimum Gasteiger partial charge on any atom is -0.408 e. The van der Waals surface area contributed by atoms with E-state index in [9.17, 15) is 9.59 Å². The van der Waals surface area contributed by atoms with Crippen LogP contribution in [0, 0.1) is 0 Å². The summed E-state index contributed by atoms with van der Waals surface area (Å²) in [5, 5.41) is 3.01. The zero-order valence-electron chi connectivity index (χ0n) is 14.2. The number of para-hydroxylation sites is 2. The molecule has 0 saturated carbocycles. The van der Waals surface area contributed by atoms with Gasteiger partial charge in [-0.15, -0.1) is 0 Å². The number of hydrogen-bond acceptors (Lipinski definition) is 4. The molecule has 1 aliphatic rings. The molecule has 6 nitrogen and oxygen atoms in total. The predicted octanol–water partition coefficient (Wildman–Crippen LogP) is 1.98. The maximum absolute atomic E-state index is 12.1. The van der Waals surface area contributed by atoms with Crippen molar-refractivity contribution in [3.05, 3.63) is 34.8 Å². The molecule has 2 aromatic rings. The number of rotatable bonds is 7. The average molecular weight is 331 g/mol. The van der Waals surface area contributed by atoms with Gasteiger partial charge >= 0.3 is 5.76 Å². The summed E-state index contributed by atoms with van der Waals surface area (Å²) < 4.78 is 6.70. The lowest BCUT2D eigenvalue weighted by Crippen LogP contribution is -2.42. The first-order valence-corrected chi connectivity index (χ1v) is 8.78. The van der Waals surface area contributed by atoms with E-state index in [4.69, 9.17) is 4.42 Å². The average Bonchev–Trinajstić information content (AvgIpc) is 3.21. The van der Waals surface area contributed by atoms with Crippen molar-refractivity contribution in [2.24, 2.45) is 0 Å². The molecule has 1 N–H and O–H groups in total. The zero-order valence-corrected chi connectivity index (χ0v) is 14.2. The van der Waals surface area contributed by atoms with E-state index in [1.165, 1.54) is 17.4 Å². The number of likely N-dealkylation sites (tertiary alicyclic amines) is 1. The van der Waals surface area contributed by atoms with Gasteiger partial charge in [-0.05, 0) is 44.5 Å². The van der Waals surface area contributed by atoms with Gasteiger partial charge in [0.15, 0.2) is 5.58 Å². The van der Waals surface area contributed by atoms with Crippen molar-refractivity contribution in [1.29, 1.82) is 0 Å². The lowest BCUT2D eigenvalue weighted by molar-refractivity contribution is -0.121. The number of aromatic nitrogens is 1. The lowest BCUT2D eigenvalue weighted by Gasteiger charge is -2.26. The molecule has 130 valence electrons. The van der Waals surface area contributed by atoms with E-state index < -0.39 is 5.76 Å². The highest BCUT2D eigenvalue weighted by molar-refractivity contribution is 5.76. The summed E-state index contributed by atoms with van der Waals surface area (Å²) in [6.45, 7) is 5.43. The maximum Gasteiger partial charge on any atom is 0.419 e. The summed E-state index contributed by atoms with van der Waals surface area (Å²) in [7, 11) is 0. The molecule has 0 bridgehead atoms. The monoisotopic (exact) mass is 331 g/mol. The molecule has 3 rings (SSSR count). The number of hydrogen-bond donors (Lipinski definition) is 1. The fourth-order valence-electron chi connectivity index (χ4n) is 3.40. The van der Waals surface area contributed by atoms with E-state index in [1.807, 2.05) is 18.2 Å². The van der Waals surface area contributed by atoms with Crippen LogP contribution in [0.3, 0.4) is 0 Å². The molecule has 1 aromatic carbocycles. The fraction of sp³-hybridized carbons (Fsp3) is 0.556. The van der Waals surface area contributed by atoms with Gasteiger partial charge in [-0.3, -0.25) is 14.3 Å². The number of oxazole rings is 1. The zero-order chi connectivity index (χ0) is 16.9. The fourth-order valence-corrected chi connectivity index (χ4v) is 3.40. The molecule has 1 unspecified atom stereocenters. The standard InChI is InChI=1S/C18H25N3O3/c1-2-14(20-10-5-6-11-20)13-19-17(22)9-12-21-15-7-3-4-8-16(15)24-18(21)23/h3-4,7-8,14H,2,5-6,9-13H2,1H3,(H,19,22). The summed E-state index contributed by atoms with van der Waals surface area (Å²) in [5.74, 6) is -0.433. The second-order valence-corrected chi connectivity index (χ2v) is 6.35. The molecule has 1 amide bonds. The first kappa shape index (κ1) is 16.8. The predicted molar refractivity (Wildman–Crippen MR) is 93.0 cm³/mol. The van der Waals surface area contributed by atoms with Crippen LogP contribution in [0.4, 0.5) is 0 Å². The van der Waals surface area contributed by atoms with Crippen molar-refractivity contribution in [2.45, 2.75) is 45.2 Å². The molecule has 6 heteroatoms. The third kappa shape index (κ3) is 3.70. The first-order chi connectivity index (χ1) is 11.7. The number of aryl methyl sites for hydroxylation is 1. The van der Waals surface area contributed by atoms with E-state index in [1.54, 1.807) is 6.07 Å². The SMILES string of the molecule is CCC(CNC(=O)CCn1c(=O)oc2ccccc21)N1CCCC1. The van der Waals surface area contributed by atoms with Gasteiger partial charge in [0.2, 0.25) is 5.91 Å². The quantitative estimate of drug-likeness (QED) is 0.842. The Morgan fingerprint density at radius 3 is 2.79 bits per heavy atom. The van der Waals surface area contributed by atoms with Crippen LogP contribution in [0.2, 0.25) is 0 Å². The Bertz CT molecular complexity index is 743. The van der Waals surface area contributed by atoms with Gasteiger partial charge in [0.05, 0.1) is 5.52 Å². The van der Waals surface area contributed by atoms with E-state index in [2.05, 4.69) is 17.1 Å². The Balaban J connectivity index is 1.53. The Morgan fingerprint density at radius 1 is 1.29 bits per heavy atom. The molecule has 1 atom stereocenters. The summed E-state index contributed by atoms with van der Waals surface area (Å²) >= 11 is 0. The Kier molecular flexibility index (Phi) is 5.35. The Morgan fingerprint density at radius 2 is 2.04 bits per heavy atom. The van der Waals surface area contributed by atoms with E-state index in [0.717, 1.165) is 25.0 Å². The summed E-state index contributed by atoms with van der Waals surface area (Å²) in [6.07, 6.45) is 3.81. The van der Waals surface area contributed by atoms with Crippen LogP contribution in [0.1, 0.15) is 32.6 Å². The number of carbonyl (C=O) groups is 1. The highest BCUT2D eigenvalue weighted by Gasteiger charge is 2.20. The number of amides is 1. The number of carbonyl (C=O) groups excluding carboxylic acids is 1. The van der Waals surface area contributed by atoms with Crippen LogP contribution in [0.5, 0.6) is 0 Å². The van der Waals surface area contributed by atoms with E-state index in [-0.39, 0.29) is 12.3 Å². The molecule has 1 aromatic heterocycles. The van der Waals surface area contributed by atoms with Gasteiger partial charge in [-0.1, -0.05) is 19.1 Å². The van der Waals surface area contributed by atoms with Crippen LogP contribution in [-0.4, -0.2) is 41.1 Å². The van der Waals surface area contributed by atoms with Gasteiger partial charge in [0, 0.05) is 25.6 Å². The topological polar surface area (TPSA) is 67.5 Å². The van der Waals surface area contributed by atoms with Gasteiger partial charge in [-0.25, -0.2) is 4.79 Å². The van der Waals surface area contributed by atoms with Crippen molar-refractivity contribution in [3.63, 3.8) is 0 Å². The molecule has 1 saturated heterocycles. The van der Waals surface area contributed by atoms with Crippen molar-refractivity contribution in [2.75, 3.05) is 19.6 Å². The minimum absolute atomic E-state index is 0.0233. The number of nitrogens with zero attached hydrogens (tertiary/aromatic N) is 2. The summed E-state index contributed by atoms with van der Waals surface area (Å²) in [5.41, 5.74) is 1.29. The van der Waals surface area contributed by atoms with Crippen LogP contribution >= 0.6 is 0 Å². The number of nitrogens with one attached hydrogen (secondary N) is 1. The van der Waals surface area contributed by atoms with Gasteiger partial charge in [0.25, 0.3) is 0 Å². The van der Waals surface area contributed by atoms with Crippen molar-refractivity contribution < 1.29 is 9.21 Å². The molecule has 1 fully saturated rings. The number of fused-ring (bicyclic) bond motifs is 1. The Hall–Kier alpha value is -2.08. The van der Waals surface area contributed by atoms with Gasteiger partial charge < -0.3 is 9.73 Å². The molecule has 0 spiro atoms. The smallest absolute Gasteiger partial charge is 0.408 e. The summed E-state index contributed by atoms with van der Waals surface area (Å²) in [4.78, 5) is 26.5. The van der Waals surface area contributed by atoms with E-state index >= 15 is 0 Å². The molecule has 24 heavy (non-hydrogen) atoms. The second-order valence-electron chi connectivity index (χ2n) is 6.35. The Labute approximate surface area is 141 Å². The molecular formula is C18H25N3O3. The van der Waals surface area contributed by atoms with Crippen LogP contribution in [0.25, 0.3) is 11.1 Å². The first-order valence-electron chi connectivity index (χ1n) is 8.78. The van der Waals surface area contributed by atoms with Crippen LogP contribution in [0.15, 0.2) is 33.5 Å². The second kappa shape index (κ2) is 7.66. The van der Waals surface area contributed by atoms with Crippen LogP contribution in [-0.2, 0) is 11.3 Å². The normalized spacial score (nSPS) is 16.5. The largest absolute Gasteiger partial charge is 0.419 e. The lowest BCUT2D eigenvalue weighted by atomic mass is 10.2. The molecule has 2 heterocycles. The molecule has 0 aliphatic carbocycles. The molecule has 0 radical (unpaired) electrons. The number of benzene rings is 1. The van der Waals surface area contributed by atoms with Crippen molar-refractivity contribution in [3.8, 4) is 0 Å². The third-order valence-corrected chi connectivity index (χ3v) is 4.80. The third-order valence-electron chi connectivity index (χ3n) is 4.80. The van der Waals surface area contributed by atoms with Crippen molar-refractivity contribution in [1.82, 2.24) is 14.8 Å². The van der Waals surface area contributed by atoms with Gasteiger partial charge in [0.1, 0.15) is 0 Å². The molecular weight excluding hydrogens is 306 g/mol. The van der Waals surface area contributed by atoms with Gasteiger partial charge in [-0.2, -0.15) is 0 Å². The van der Waals surface area contributed by atoms with Crippen LogP contribution < -0.4 is 11.1 Å². The van der Waals surface area contributed by atoms with Crippen molar-refractivity contribution >= 4 is 17.0 Å². The minimum atomic E-state index is -0.410. The van der Waals surface area contributed by atoms with E-state index in [0.29, 0.717) is 24.7 Å². The highest BCUT2D eigenvalue weighted by atomic mass is 16.4.